The van der Waals surface area contributed by atoms with Crippen LogP contribution in [-0.2, 0) is 11.2 Å². The largest absolute Gasteiger partial charge is 0.367 e. The van der Waals surface area contributed by atoms with Gasteiger partial charge < -0.3 is 19.6 Å². The van der Waals surface area contributed by atoms with Crippen LogP contribution >= 0.6 is 0 Å². The summed E-state index contributed by atoms with van der Waals surface area (Å²) in [5.41, 5.74) is 3.50. The minimum absolute atomic E-state index is 0.0254. The van der Waals surface area contributed by atoms with Gasteiger partial charge in [-0.15, -0.1) is 0 Å². The third-order valence-corrected chi connectivity index (χ3v) is 5.83. The van der Waals surface area contributed by atoms with E-state index in [2.05, 4.69) is 20.4 Å². The van der Waals surface area contributed by atoms with Crippen molar-refractivity contribution in [3.05, 3.63) is 84.3 Å². The SMILES string of the molecule is O=C(Nc1ccncc1)c1ccccc1N1CCN(C(=O)Cc2noc3ccccc23)CC1. The van der Waals surface area contributed by atoms with Crippen LogP contribution in [-0.4, -0.2) is 53.0 Å². The summed E-state index contributed by atoms with van der Waals surface area (Å²) in [6.07, 6.45) is 3.49. The zero-order valence-electron chi connectivity index (χ0n) is 18.0. The molecule has 2 aromatic carbocycles. The highest BCUT2D eigenvalue weighted by atomic mass is 16.5. The van der Waals surface area contributed by atoms with Crippen molar-refractivity contribution >= 4 is 34.2 Å². The Morgan fingerprint density at radius 1 is 0.909 bits per heavy atom. The molecule has 33 heavy (non-hydrogen) atoms. The Morgan fingerprint density at radius 3 is 2.45 bits per heavy atom. The van der Waals surface area contributed by atoms with Gasteiger partial charge in [0.25, 0.3) is 5.91 Å². The second kappa shape index (κ2) is 9.12. The molecule has 1 aliphatic heterocycles. The number of pyridine rings is 1. The molecule has 1 fully saturated rings. The van der Waals surface area contributed by atoms with E-state index in [1.165, 1.54) is 0 Å². The molecule has 166 valence electrons. The fourth-order valence-electron chi connectivity index (χ4n) is 4.09. The smallest absolute Gasteiger partial charge is 0.257 e. The van der Waals surface area contributed by atoms with E-state index in [4.69, 9.17) is 4.52 Å². The van der Waals surface area contributed by atoms with Crippen molar-refractivity contribution in [1.82, 2.24) is 15.0 Å². The van der Waals surface area contributed by atoms with Gasteiger partial charge in [-0.05, 0) is 36.4 Å². The van der Waals surface area contributed by atoms with Gasteiger partial charge in [0, 0.05) is 55.3 Å². The average molecular weight is 441 g/mol. The number of rotatable bonds is 5. The highest BCUT2D eigenvalue weighted by Crippen LogP contribution is 2.24. The van der Waals surface area contributed by atoms with Crippen LogP contribution in [0.15, 0.2) is 77.6 Å². The maximum Gasteiger partial charge on any atom is 0.257 e. The topological polar surface area (TPSA) is 91.6 Å². The zero-order valence-corrected chi connectivity index (χ0v) is 18.0. The third-order valence-electron chi connectivity index (χ3n) is 5.83. The van der Waals surface area contributed by atoms with Crippen molar-refractivity contribution in [2.24, 2.45) is 0 Å². The number of amides is 2. The molecule has 0 unspecified atom stereocenters. The fraction of sp³-hybridized carbons (Fsp3) is 0.200. The molecule has 0 spiro atoms. The number of nitrogens with zero attached hydrogens (tertiary/aromatic N) is 4. The highest BCUT2D eigenvalue weighted by Gasteiger charge is 2.25. The van der Waals surface area contributed by atoms with E-state index < -0.39 is 0 Å². The van der Waals surface area contributed by atoms with Crippen molar-refractivity contribution in [1.29, 1.82) is 0 Å². The molecule has 8 nitrogen and oxygen atoms in total. The van der Waals surface area contributed by atoms with Gasteiger partial charge in [0.05, 0.1) is 12.0 Å². The van der Waals surface area contributed by atoms with Crippen LogP contribution in [0.5, 0.6) is 0 Å². The molecule has 5 rings (SSSR count). The number of hydrogen-bond acceptors (Lipinski definition) is 6. The van der Waals surface area contributed by atoms with Crippen molar-refractivity contribution in [3.8, 4) is 0 Å². The van der Waals surface area contributed by atoms with Crippen molar-refractivity contribution in [3.63, 3.8) is 0 Å². The van der Waals surface area contributed by atoms with Gasteiger partial charge in [-0.2, -0.15) is 0 Å². The first-order valence-corrected chi connectivity index (χ1v) is 10.9. The Bertz CT molecular complexity index is 1280. The molecule has 2 amide bonds. The van der Waals surface area contributed by atoms with E-state index in [9.17, 15) is 9.59 Å². The van der Waals surface area contributed by atoms with E-state index in [0.717, 1.165) is 11.1 Å². The Balaban J connectivity index is 1.24. The molecule has 3 heterocycles. The third kappa shape index (κ3) is 4.41. The lowest BCUT2D eigenvalue weighted by molar-refractivity contribution is -0.130. The minimum atomic E-state index is -0.173. The summed E-state index contributed by atoms with van der Waals surface area (Å²) in [6.45, 7) is 2.44. The molecule has 0 radical (unpaired) electrons. The number of aromatic nitrogens is 2. The minimum Gasteiger partial charge on any atom is -0.367 e. The number of benzene rings is 2. The van der Waals surface area contributed by atoms with E-state index in [0.29, 0.717) is 48.7 Å². The summed E-state index contributed by atoms with van der Waals surface area (Å²) in [7, 11) is 0. The molecule has 1 N–H and O–H groups in total. The van der Waals surface area contributed by atoms with Gasteiger partial charge in [0.2, 0.25) is 5.91 Å². The number of carbonyl (C=O) groups excluding carboxylic acids is 2. The second-order valence-electron chi connectivity index (χ2n) is 7.88. The molecule has 0 saturated carbocycles. The van der Waals surface area contributed by atoms with Gasteiger partial charge in [-0.3, -0.25) is 14.6 Å². The Morgan fingerprint density at radius 2 is 1.64 bits per heavy atom. The van der Waals surface area contributed by atoms with Crippen molar-refractivity contribution in [2.75, 3.05) is 36.4 Å². The van der Waals surface area contributed by atoms with Crippen LogP contribution in [0.3, 0.4) is 0 Å². The summed E-state index contributed by atoms with van der Waals surface area (Å²) < 4.78 is 5.32. The van der Waals surface area contributed by atoms with E-state index >= 15 is 0 Å². The highest BCUT2D eigenvalue weighted by molar-refractivity contribution is 6.08. The first kappa shape index (κ1) is 20.7. The van der Waals surface area contributed by atoms with Crippen LogP contribution in [0, 0.1) is 0 Å². The Kier molecular flexibility index (Phi) is 5.72. The quantitative estimate of drug-likeness (QED) is 0.511. The summed E-state index contributed by atoms with van der Waals surface area (Å²) in [5, 5.41) is 7.87. The molecule has 8 heteroatoms. The number of nitrogens with one attached hydrogen (secondary N) is 1. The maximum absolute atomic E-state index is 12.9. The molecule has 0 bridgehead atoms. The zero-order chi connectivity index (χ0) is 22.6. The lowest BCUT2D eigenvalue weighted by atomic mass is 10.1. The lowest BCUT2D eigenvalue weighted by Crippen LogP contribution is -2.49. The van der Waals surface area contributed by atoms with E-state index in [-0.39, 0.29) is 18.2 Å². The molecule has 1 aliphatic rings. The lowest BCUT2D eigenvalue weighted by Gasteiger charge is -2.36. The number of fused-ring (bicyclic) bond motifs is 1. The van der Waals surface area contributed by atoms with Gasteiger partial charge in [0.15, 0.2) is 5.58 Å². The molecular formula is C25H23N5O3. The van der Waals surface area contributed by atoms with Gasteiger partial charge >= 0.3 is 0 Å². The number of hydrogen-bond donors (Lipinski definition) is 1. The van der Waals surface area contributed by atoms with Crippen molar-refractivity contribution < 1.29 is 14.1 Å². The first-order chi connectivity index (χ1) is 16.2. The number of carbonyl (C=O) groups is 2. The van der Waals surface area contributed by atoms with Gasteiger partial charge in [-0.25, -0.2) is 0 Å². The molecule has 1 saturated heterocycles. The van der Waals surface area contributed by atoms with Crippen LogP contribution in [0.4, 0.5) is 11.4 Å². The summed E-state index contributed by atoms with van der Waals surface area (Å²) in [5.74, 6) is -0.148. The molecule has 0 aliphatic carbocycles. The molecule has 2 aromatic heterocycles. The molecule has 0 atom stereocenters. The standard InChI is InChI=1S/C25H23N5O3/c31-24(17-21-19-5-2-4-8-23(19)33-28-21)30-15-13-29(14-16-30)22-7-3-1-6-20(22)25(32)27-18-9-11-26-12-10-18/h1-12H,13-17H2,(H,26,27,32). The number of piperazine rings is 1. The van der Waals surface area contributed by atoms with Gasteiger partial charge in [0.1, 0.15) is 5.69 Å². The normalized spacial score (nSPS) is 13.8. The molecule has 4 aromatic rings. The maximum atomic E-state index is 12.9. The monoisotopic (exact) mass is 441 g/mol. The number of anilines is 2. The predicted molar refractivity (Wildman–Crippen MR) is 125 cm³/mol. The van der Waals surface area contributed by atoms with E-state index in [1.54, 1.807) is 24.5 Å². The number of para-hydroxylation sites is 2. The van der Waals surface area contributed by atoms with Crippen LogP contribution in [0.2, 0.25) is 0 Å². The average Bonchev–Trinajstić information content (AvgIpc) is 3.27. The summed E-state index contributed by atoms with van der Waals surface area (Å²) in [6, 6.07) is 18.6. The van der Waals surface area contributed by atoms with Crippen LogP contribution in [0.25, 0.3) is 11.0 Å². The van der Waals surface area contributed by atoms with Gasteiger partial charge in [-0.1, -0.05) is 29.4 Å². The van der Waals surface area contributed by atoms with Crippen LogP contribution in [0.1, 0.15) is 16.1 Å². The Hall–Kier alpha value is -4.20. The summed E-state index contributed by atoms with van der Waals surface area (Å²) in [4.78, 5) is 33.8. The predicted octanol–water partition coefficient (Wildman–Crippen LogP) is 3.37. The van der Waals surface area contributed by atoms with Crippen molar-refractivity contribution in [2.45, 2.75) is 6.42 Å². The second-order valence-corrected chi connectivity index (χ2v) is 7.88. The summed E-state index contributed by atoms with van der Waals surface area (Å²) >= 11 is 0. The molecular weight excluding hydrogens is 418 g/mol. The van der Waals surface area contributed by atoms with E-state index in [1.807, 2.05) is 53.4 Å². The van der Waals surface area contributed by atoms with Crippen LogP contribution < -0.4 is 10.2 Å². The Labute approximate surface area is 190 Å². The first-order valence-electron chi connectivity index (χ1n) is 10.9. The fourth-order valence-corrected chi connectivity index (χ4v) is 4.09.